The summed E-state index contributed by atoms with van der Waals surface area (Å²) in [6.07, 6.45) is 0. The highest BCUT2D eigenvalue weighted by Gasteiger charge is 2.19. The first kappa shape index (κ1) is 15.9. The van der Waals surface area contributed by atoms with E-state index in [1.165, 1.54) is 15.1 Å². The van der Waals surface area contributed by atoms with Crippen LogP contribution in [0.5, 0.6) is 0 Å². The van der Waals surface area contributed by atoms with Crippen molar-refractivity contribution in [3.8, 4) is 11.3 Å². The average Bonchev–Trinajstić information content (AvgIpc) is 3.20. The van der Waals surface area contributed by atoms with Crippen LogP contribution in [0, 0.1) is 0 Å². The molecule has 0 atom stereocenters. The maximum Gasteiger partial charge on any atom is 0.196 e. The van der Waals surface area contributed by atoms with Gasteiger partial charge in [0, 0.05) is 15.5 Å². The third kappa shape index (κ3) is 2.71. The van der Waals surface area contributed by atoms with Crippen LogP contribution in [0.25, 0.3) is 26.4 Å². The molecule has 126 valence electrons. The zero-order chi connectivity index (χ0) is 17.5. The molecule has 0 fully saturated rings. The first-order valence-electron chi connectivity index (χ1n) is 8.18. The Labute approximate surface area is 164 Å². The number of imidazole rings is 1. The largest absolute Gasteiger partial charge is 0.277 e. The normalized spacial score (nSPS) is 11.4. The van der Waals surface area contributed by atoms with Gasteiger partial charge in [0.05, 0.1) is 10.2 Å². The molecular formula is C21H13ClN2S2. The third-order valence-corrected chi connectivity index (χ3v) is 6.54. The van der Waals surface area contributed by atoms with E-state index < -0.39 is 0 Å². The Kier molecular flexibility index (Phi) is 3.97. The van der Waals surface area contributed by atoms with Crippen LogP contribution in [0.15, 0.2) is 88.8 Å². The van der Waals surface area contributed by atoms with Crippen LogP contribution in [0.4, 0.5) is 0 Å². The molecule has 0 spiro atoms. The average molecular weight is 393 g/mol. The second-order valence-electron chi connectivity index (χ2n) is 5.88. The van der Waals surface area contributed by atoms with Gasteiger partial charge in [-0.15, -0.1) is 0 Å². The second-order valence-corrected chi connectivity index (χ2v) is 8.38. The Balaban J connectivity index is 1.78. The molecule has 3 aromatic carbocycles. The van der Waals surface area contributed by atoms with E-state index in [0.717, 1.165) is 26.3 Å². The third-order valence-electron chi connectivity index (χ3n) is 4.19. The summed E-state index contributed by atoms with van der Waals surface area (Å²) in [4.78, 5) is 7.17. The van der Waals surface area contributed by atoms with E-state index in [4.69, 9.17) is 16.6 Å². The number of para-hydroxylation sites is 1. The van der Waals surface area contributed by atoms with Crippen molar-refractivity contribution in [3.05, 3.63) is 83.9 Å². The lowest BCUT2D eigenvalue weighted by Gasteiger charge is -2.06. The minimum absolute atomic E-state index is 0.734. The Morgan fingerprint density at radius 2 is 1.58 bits per heavy atom. The van der Waals surface area contributed by atoms with Gasteiger partial charge < -0.3 is 0 Å². The minimum atomic E-state index is 0.734. The molecule has 0 bridgehead atoms. The number of thiazole rings is 1. The first-order valence-corrected chi connectivity index (χ1v) is 10.2. The highest BCUT2D eigenvalue weighted by molar-refractivity contribution is 7.99. The number of hydrogen-bond acceptors (Lipinski definition) is 3. The molecule has 0 aliphatic carbocycles. The molecule has 0 aliphatic heterocycles. The Morgan fingerprint density at radius 1 is 0.846 bits per heavy atom. The number of benzene rings is 3. The number of hydrogen-bond donors (Lipinski definition) is 0. The van der Waals surface area contributed by atoms with Gasteiger partial charge in [-0.3, -0.25) is 4.40 Å². The van der Waals surface area contributed by atoms with E-state index in [2.05, 4.69) is 52.9 Å². The van der Waals surface area contributed by atoms with Gasteiger partial charge in [0.15, 0.2) is 4.96 Å². The fourth-order valence-corrected chi connectivity index (χ4v) is 5.25. The number of nitrogens with zero attached hydrogens (tertiary/aromatic N) is 2. The Morgan fingerprint density at radius 3 is 2.38 bits per heavy atom. The van der Waals surface area contributed by atoms with Gasteiger partial charge in [-0.05, 0) is 36.4 Å². The summed E-state index contributed by atoms with van der Waals surface area (Å²) in [5.74, 6) is 0. The van der Waals surface area contributed by atoms with E-state index >= 15 is 0 Å². The van der Waals surface area contributed by atoms with Crippen LogP contribution < -0.4 is 0 Å². The van der Waals surface area contributed by atoms with Crippen LogP contribution in [0.2, 0.25) is 5.02 Å². The minimum Gasteiger partial charge on any atom is -0.277 e. The van der Waals surface area contributed by atoms with Crippen molar-refractivity contribution < 1.29 is 0 Å². The van der Waals surface area contributed by atoms with Gasteiger partial charge in [-0.2, -0.15) is 0 Å². The SMILES string of the molecule is Clc1ccc(-c2nc3sc4ccccc4n3c2Sc2ccccc2)cc1. The topological polar surface area (TPSA) is 17.3 Å². The van der Waals surface area contributed by atoms with Gasteiger partial charge in [-0.1, -0.05) is 77.2 Å². The maximum atomic E-state index is 6.08. The summed E-state index contributed by atoms with van der Waals surface area (Å²) < 4.78 is 3.51. The molecule has 5 rings (SSSR count). The molecule has 0 amide bonds. The van der Waals surface area contributed by atoms with Crippen LogP contribution in [0.3, 0.4) is 0 Å². The van der Waals surface area contributed by atoms with Crippen LogP contribution in [-0.4, -0.2) is 9.38 Å². The second kappa shape index (κ2) is 6.47. The zero-order valence-corrected chi connectivity index (χ0v) is 16.0. The summed E-state index contributed by atoms with van der Waals surface area (Å²) in [6, 6.07) is 26.8. The van der Waals surface area contributed by atoms with Crippen molar-refractivity contribution in [1.82, 2.24) is 9.38 Å². The molecule has 26 heavy (non-hydrogen) atoms. The van der Waals surface area contributed by atoms with E-state index in [0.29, 0.717) is 0 Å². The van der Waals surface area contributed by atoms with Crippen molar-refractivity contribution >= 4 is 49.9 Å². The number of aromatic nitrogens is 2. The van der Waals surface area contributed by atoms with Gasteiger partial charge in [0.25, 0.3) is 0 Å². The molecule has 0 aliphatic rings. The molecule has 5 heteroatoms. The number of rotatable bonds is 3. The highest BCUT2D eigenvalue weighted by atomic mass is 35.5. The quantitative estimate of drug-likeness (QED) is 0.328. The molecule has 0 unspecified atom stereocenters. The van der Waals surface area contributed by atoms with Crippen LogP contribution >= 0.6 is 34.7 Å². The molecule has 2 nitrogen and oxygen atoms in total. The molecular weight excluding hydrogens is 380 g/mol. The molecule has 2 aromatic heterocycles. The van der Waals surface area contributed by atoms with Crippen molar-refractivity contribution in [2.45, 2.75) is 9.92 Å². The van der Waals surface area contributed by atoms with E-state index in [-0.39, 0.29) is 0 Å². The van der Waals surface area contributed by atoms with Crippen molar-refractivity contribution in [2.24, 2.45) is 0 Å². The fourth-order valence-electron chi connectivity index (χ4n) is 2.98. The first-order chi connectivity index (χ1) is 12.8. The molecule has 0 N–H and O–H groups in total. The monoisotopic (exact) mass is 392 g/mol. The summed E-state index contributed by atoms with van der Waals surface area (Å²) >= 11 is 9.54. The van der Waals surface area contributed by atoms with Crippen molar-refractivity contribution in [3.63, 3.8) is 0 Å². The van der Waals surface area contributed by atoms with Crippen molar-refractivity contribution in [2.75, 3.05) is 0 Å². The molecule has 0 radical (unpaired) electrons. The predicted octanol–water partition coefficient (Wildman–Crippen LogP) is 7.02. The molecule has 0 saturated carbocycles. The molecule has 2 heterocycles. The number of fused-ring (bicyclic) bond motifs is 3. The lowest BCUT2D eigenvalue weighted by Crippen LogP contribution is -1.86. The van der Waals surface area contributed by atoms with E-state index in [1.807, 2.05) is 30.3 Å². The summed E-state index contributed by atoms with van der Waals surface area (Å²) in [6.45, 7) is 0. The Bertz CT molecular complexity index is 1210. The standard InChI is InChI=1S/C21H13ClN2S2/c22-15-12-10-14(11-13-15)19-20(25-16-6-2-1-3-7-16)24-17-8-4-5-9-18(17)26-21(24)23-19/h1-13H. The molecule has 5 aromatic rings. The summed E-state index contributed by atoms with van der Waals surface area (Å²) in [7, 11) is 0. The lowest BCUT2D eigenvalue weighted by atomic mass is 10.2. The van der Waals surface area contributed by atoms with Crippen molar-refractivity contribution in [1.29, 1.82) is 0 Å². The lowest BCUT2D eigenvalue weighted by molar-refractivity contribution is 1.12. The van der Waals surface area contributed by atoms with Crippen LogP contribution in [-0.2, 0) is 0 Å². The zero-order valence-electron chi connectivity index (χ0n) is 13.6. The maximum absolute atomic E-state index is 6.08. The fraction of sp³-hybridized carbons (Fsp3) is 0. The van der Waals surface area contributed by atoms with Gasteiger partial charge in [-0.25, -0.2) is 4.98 Å². The van der Waals surface area contributed by atoms with E-state index in [1.54, 1.807) is 23.1 Å². The highest BCUT2D eigenvalue weighted by Crippen LogP contribution is 2.40. The predicted molar refractivity (Wildman–Crippen MR) is 112 cm³/mol. The van der Waals surface area contributed by atoms with Gasteiger partial charge in [0.1, 0.15) is 10.7 Å². The van der Waals surface area contributed by atoms with Gasteiger partial charge >= 0.3 is 0 Å². The van der Waals surface area contributed by atoms with Crippen LogP contribution in [0.1, 0.15) is 0 Å². The summed E-state index contributed by atoms with van der Waals surface area (Å²) in [5, 5.41) is 1.86. The van der Waals surface area contributed by atoms with Gasteiger partial charge in [0.2, 0.25) is 0 Å². The summed E-state index contributed by atoms with van der Waals surface area (Å²) in [5.41, 5.74) is 3.26. The smallest absolute Gasteiger partial charge is 0.196 e. The number of halogens is 1. The Hall–Kier alpha value is -2.27. The molecule has 0 saturated heterocycles. The van der Waals surface area contributed by atoms with E-state index in [9.17, 15) is 0 Å².